The van der Waals surface area contributed by atoms with E-state index in [-0.39, 0.29) is 11.5 Å². The quantitative estimate of drug-likeness (QED) is 0.627. The zero-order valence-electron chi connectivity index (χ0n) is 11.6. The molecule has 0 radical (unpaired) electrons. The molecule has 0 amide bonds. The third-order valence-electron chi connectivity index (χ3n) is 4.26. The van der Waals surface area contributed by atoms with Gasteiger partial charge in [0.1, 0.15) is 0 Å². The van der Waals surface area contributed by atoms with Gasteiger partial charge in [0.05, 0.1) is 6.10 Å². The van der Waals surface area contributed by atoms with E-state index < -0.39 is 0 Å². The molecule has 1 N–H and O–H groups in total. The third kappa shape index (κ3) is 3.26. The fraction of sp³-hybridized carbons (Fsp3) is 0.529. The van der Waals surface area contributed by atoms with E-state index in [0.717, 1.165) is 45.3 Å². The first-order valence-electron chi connectivity index (χ1n) is 7.22. The van der Waals surface area contributed by atoms with Crippen molar-refractivity contribution in [3.8, 4) is 0 Å². The molecule has 1 atom stereocenters. The van der Waals surface area contributed by atoms with Crippen LogP contribution in [0.3, 0.4) is 0 Å². The van der Waals surface area contributed by atoms with Gasteiger partial charge in [0.25, 0.3) is 0 Å². The predicted molar refractivity (Wildman–Crippen MR) is 78.2 cm³/mol. The van der Waals surface area contributed by atoms with Crippen LogP contribution in [-0.2, 0) is 10.2 Å². The zero-order chi connectivity index (χ0) is 13.6. The fourth-order valence-electron chi connectivity index (χ4n) is 3.05. The van der Waals surface area contributed by atoms with Gasteiger partial charge in [0.15, 0.2) is 0 Å². The van der Waals surface area contributed by atoms with Crippen LogP contribution in [0.15, 0.2) is 43.0 Å². The predicted octanol–water partition coefficient (Wildman–Crippen LogP) is 3.45. The van der Waals surface area contributed by atoms with Gasteiger partial charge in [-0.2, -0.15) is 0 Å². The Morgan fingerprint density at radius 3 is 2.58 bits per heavy atom. The van der Waals surface area contributed by atoms with E-state index in [2.05, 4.69) is 30.8 Å². The molecule has 1 aromatic carbocycles. The fourth-order valence-corrected chi connectivity index (χ4v) is 3.05. The van der Waals surface area contributed by atoms with Crippen molar-refractivity contribution in [3.63, 3.8) is 0 Å². The summed E-state index contributed by atoms with van der Waals surface area (Å²) in [5, 5.41) is 10.7. The highest BCUT2D eigenvalue weighted by atomic mass is 16.5. The summed E-state index contributed by atoms with van der Waals surface area (Å²) in [5.41, 5.74) is 1.13. The van der Waals surface area contributed by atoms with Gasteiger partial charge in [-0.05, 0) is 37.7 Å². The molecule has 0 spiro atoms. The average molecular weight is 260 g/mol. The molecule has 1 aliphatic heterocycles. The second-order valence-corrected chi connectivity index (χ2v) is 5.37. The molecule has 1 saturated heterocycles. The third-order valence-corrected chi connectivity index (χ3v) is 4.26. The Morgan fingerprint density at radius 2 is 1.95 bits per heavy atom. The Balaban J connectivity index is 2.17. The van der Waals surface area contributed by atoms with E-state index in [9.17, 15) is 5.11 Å². The number of benzene rings is 1. The molecule has 19 heavy (non-hydrogen) atoms. The van der Waals surface area contributed by atoms with E-state index in [1.807, 2.05) is 12.1 Å². The summed E-state index contributed by atoms with van der Waals surface area (Å²) in [4.78, 5) is 0. The maximum Gasteiger partial charge on any atom is 0.0638 e. The van der Waals surface area contributed by atoms with Crippen LogP contribution in [0.25, 0.3) is 0 Å². The molecule has 1 fully saturated rings. The highest BCUT2D eigenvalue weighted by molar-refractivity contribution is 5.27. The first-order valence-corrected chi connectivity index (χ1v) is 7.22. The molecule has 2 heteroatoms. The van der Waals surface area contributed by atoms with Crippen molar-refractivity contribution < 1.29 is 9.84 Å². The molecular formula is C17H24O2. The van der Waals surface area contributed by atoms with Crippen molar-refractivity contribution in [2.45, 2.75) is 43.6 Å². The first-order chi connectivity index (χ1) is 9.29. The molecule has 0 saturated carbocycles. The van der Waals surface area contributed by atoms with Crippen molar-refractivity contribution in [1.29, 1.82) is 0 Å². The van der Waals surface area contributed by atoms with E-state index in [1.165, 1.54) is 5.56 Å². The molecule has 2 nitrogen and oxygen atoms in total. The lowest BCUT2D eigenvalue weighted by Gasteiger charge is -2.41. The second kappa shape index (κ2) is 6.88. The van der Waals surface area contributed by atoms with Gasteiger partial charge in [-0.25, -0.2) is 0 Å². The normalized spacial score (nSPS) is 19.8. The van der Waals surface area contributed by atoms with Gasteiger partial charge in [-0.3, -0.25) is 0 Å². The van der Waals surface area contributed by atoms with Crippen LogP contribution in [0.1, 0.15) is 37.7 Å². The largest absolute Gasteiger partial charge is 0.392 e. The summed E-state index contributed by atoms with van der Waals surface area (Å²) in [5.74, 6) is 0. The molecule has 1 heterocycles. The number of unbranched alkanes of at least 4 members (excludes halogenated alkanes) is 1. The van der Waals surface area contributed by atoms with Gasteiger partial charge in [-0.15, -0.1) is 6.58 Å². The highest BCUT2D eigenvalue weighted by Crippen LogP contribution is 2.39. The number of aliphatic hydroxyl groups is 1. The number of allylic oxidation sites excluding steroid dienone is 1. The van der Waals surface area contributed by atoms with E-state index in [4.69, 9.17) is 4.74 Å². The van der Waals surface area contributed by atoms with Crippen LogP contribution >= 0.6 is 0 Å². The summed E-state index contributed by atoms with van der Waals surface area (Å²) in [6, 6.07) is 10.4. The molecule has 0 aliphatic carbocycles. The Morgan fingerprint density at radius 1 is 1.26 bits per heavy atom. The van der Waals surface area contributed by atoms with Gasteiger partial charge >= 0.3 is 0 Å². The summed E-state index contributed by atoms with van der Waals surface area (Å²) < 4.78 is 5.49. The Hall–Kier alpha value is -1.12. The maximum absolute atomic E-state index is 10.7. The van der Waals surface area contributed by atoms with Gasteiger partial charge in [0, 0.05) is 18.6 Å². The van der Waals surface area contributed by atoms with E-state index >= 15 is 0 Å². The summed E-state index contributed by atoms with van der Waals surface area (Å²) in [6.45, 7) is 5.23. The lowest BCUT2D eigenvalue weighted by molar-refractivity contribution is -0.0194. The Kier molecular flexibility index (Phi) is 5.17. The Bertz CT molecular complexity index is 380. The van der Waals surface area contributed by atoms with Crippen molar-refractivity contribution >= 4 is 0 Å². The van der Waals surface area contributed by atoms with Crippen LogP contribution in [-0.4, -0.2) is 24.4 Å². The number of rotatable bonds is 6. The standard InChI is InChI=1S/C17H24O2/c1-2-3-5-10-16(18)17(11-13-19-14-12-17)15-8-6-4-7-9-15/h2,4,6-9,16,18H,1,3,5,10-14H2. The van der Waals surface area contributed by atoms with Crippen molar-refractivity contribution in [2.75, 3.05) is 13.2 Å². The highest BCUT2D eigenvalue weighted by Gasteiger charge is 2.40. The van der Waals surface area contributed by atoms with E-state index in [1.54, 1.807) is 0 Å². The molecule has 2 rings (SSSR count). The van der Waals surface area contributed by atoms with Crippen LogP contribution < -0.4 is 0 Å². The smallest absolute Gasteiger partial charge is 0.0638 e. The van der Waals surface area contributed by atoms with Crippen LogP contribution in [0.5, 0.6) is 0 Å². The summed E-state index contributed by atoms with van der Waals surface area (Å²) in [7, 11) is 0. The molecular weight excluding hydrogens is 236 g/mol. The van der Waals surface area contributed by atoms with E-state index in [0.29, 0.717) is 0 Å². The number of hydrogen-bond acceptors (Lipinski definition) is 2. The minimum absolute atomic E-state index is 0.124. The van der Waals surface area contributed by atoms with Gasteiger partial charge < -0.3 is 9.84 Å². The minimum atomic E-state index is -0.293. The summed E-state index contributed by atoms with van der Waals surface area (Å²) >= 11 is 0. The second-order valence-electron chi connectivity index (χ2n) is 5.37. The van der Waals surface area contributed by atoms with Gasteiger partial charge in [0.2, 0.25) is 0 Å². The Labute approximate surface area is 116 Å². The number of aliphatic hydroxyl groups excluding tert-OH is 1. The monoisotopic (exact) mass is 260 g/mol. The number of hydrogen-bond donors (Lipinski definition) is 1. The van der Waals surface area contributed by atoms with Crippen molar-refractivity contribution in [3.05, 3.63) is 48.6 Å². The van der Waals surface area contributed by atoms with Crippen molar-refractivity contribution in [2.24, 2.45) is 0 Å². The SMILES string of the molecule is C=CCCCC(O)C1(c2ccccc2)CCOCC1. The molecule has 1 aromatic rings. The van der Waals surface area contributed by atoms with Crippen LogP contribution in [0.2, 0.25) is 0 Å². The zero-order valence-corrected chi connectivity index (χ0v) is 11.6. The summed E-state index contributed by atoms with van der Waals surface area (Å²) in [6.07, 6.45) is 6.25. The molecule has 1 aliphatic rings. The number of ether oxygens (including phenoxy) is 1. The first kappa shape index (κ1) is 14.3. The van der Waals surface area contributed by atoms with Crippen LogP contribution in [0.4, 0.5) is 0 Å². The lowest BCUT2D eigenvalue weighted by Crippen LogP contribution is -2.44. The molecule has 0 aromatic heterocycles. The van der Waals surface area contributed by atoms with Crippen molar-refractivity contribution in [1.82, 2.24) is 0 Å². The topological polar surface area (TPSA) is 29.5 Å². The maximum atomic E-state index is 10.7. The van der Waals surface area contributed by atoms with Crippen LogP contribution in [0, 0.1) is 0 Å². The van der Waals surface area contributed by atoms with Gasteiger partial charge in [-0.1, -0.05) is 36.4 Å². The lowest BCUT2D eigenvalue weighted by atomic mass is 9.69. The molecule has 0 bridgehead atoms. The average Bonchev–Trinajstić information content (AvgIpc) is 2.49. The minimum Gasteiger partial charge on any atom is -0.392 e. The molecule has 1 unspecified atom stereocenters. The molecule has 104 valence electrons.